The Kier molecular flexibility index (Phi) is 10.2. The van der Waals surface area contributed by atoms with Gasteiger partial charge in [-0.3, -0.25) is 4.79 Å². The van der Waals surface area contributed by atoms with Crippen LogP contribution in [0.5, 0.6) is 5.75 Å². The number of thioether (sulfide) groups is 1. The number of esters is 1. The summed E-state index contributed by atoms with van der Waals surface area (Å²) in [7, 11) is 0. The third-order valence-electron chi connectivity index (χ3n) is 3.93. The Morgan fingerprint density at radius 1 is 1.07 bits per heavy atom. The van der Waals surface area contributed by atoms with E-state index in [1.165, 1.54) is 0 Å². The molecule has 2 aromatic carbocycles. The molecule has 0 saturated carbocycles. The van der Waals surface area contributed by atoms with Crippen molar-refractivity contribution in [3.8, 4) is 5.75 Å². The summed E-state index contributed by atoms with van der Waals surface area (Å²) >= 11 is 13.5. The van der Waals surface area contributed by atoms with E-state index in [0.29, 0.717) is 46.6 Å². The van der Waals surface area contributed by atoms with Crippen molar-refractivity contribution in [1.82, 2.24) is 5.32 Å². The van der Waals surface area contributed by atoms with Gasteiger partial charge in [-0.25, -0.2) is 4.79 Å². The second kappa shape index (κ2) is 12.6. The van der Waals surface area contributed by atoms with Crippen LogP contribution >= 0.6 is 35.0 Å². The van der Waals surface area contributed by atoms with Crippen LogP contribution in [0.3, 0.4) is 0 Å². The lowest BCUT2D eigenvalue weighted by Crippen LogP contribution is -2.42. The van der Waals surface area contributed by atoms with Crippen LogP contribution in [0.4, 0.5) is 0 Å². The number of benzene rings is 2. The van der Waals surface area contributed by atoms with Gasteiger partial charge >= 0.3 is 5.97 Å². The quantitative estimate of drug-likeness (QED) is 0.387. The molecular weight excluding hydrogens is 433 g/mol. The van der Waals surface area contributed by atoms with Crippen molar-refractivity contribution >= 4 is 46.8 Å². The first kappa shape index (κ1) is 23.4. The second-order valence-corrected chi connectivity index (χ2v) is 7.94. The molecule has 1 N–H and O–H groups in total. The summed E-state index contributed by atoms with van der Waals surface area (Å²) in [6.45, 7) is 0.598. The maximum Gasteiger partial charge on any atom is 0.328 e. The topological polar surface area (TPSA) is 64.6 Å². The smallest absolute Gasteiger partial charge is 0.328 e. The van der Waals surface area contributed by atoms with Gasteiger partial charge in [0.25, 0.3) is 5.91 Å². The molecule has 5 nitrogen and oxygen atoms in total. The molecule has 0 aromatic heterocycles. The molecule has 156 valence electrons. The molecule has 0 aliphatic carbocycles. The Bertz CT molecular complexity index is 802. The lowest BCUT2D eigenvalue weighted by molar-refractivity contribution is -0.146. The van der Waals surface area contributed by atoms with Crippen LogP contribution in [-0.4, -0.2) is 43.1 Å². The summed E-state index contributed by atoms with van der Waals surface area (Å²) in [5.74, 6) is 0.545. The zero-order valence-corrected chi connectivity index (χ0v) is 18.4. The molecule has 0 aliphatic heterocycles. The van der Waals surface area contributed by atoms with E-state index in [4.69, 9.17) is 32.7 Å². The van der Waals surface area contributed by atoms with E-state index in [-0.39, 0.29) is 6.61 Å². The van der Waals surface area contributed by atoms with E-state index >= 15 is 0 Å². The number of halogens is 2. The number of hydrogen-bond acceptors (Lipinski definition) is 5. The largest absolute Gasteiger partial charge is 0.493 e. The number of amides is 1. The van der Waals surface area contributed by atoms with E-state index in [2.05, 4.69) is 5.32 Å². The molecule has 0 saturated heterocycles. The van der Waals surface area contributed by atoms with Crippen LogP contribution in [-0.2, 0) is 9.53 Å². The first-order valence-corrected chi connectivity index (χ1v) is 11.3. The van der Waals surface area contributed by atoms with E-state index in [0.717, 1.165) is 0 Å². The Morgan fingerprint density at radius 2 is 1.79 bits per heavy atom. The maximum absolute atomic E-state index is 12.5. The van der Waals surface area contributed by atoms with Crippen LogP contribution in [0.2, 0.25) is 10.0 Å². The second-order valence-electron chi connectivity index (χ2n) is 6.11. The van der Waals surface area contributed by atoms with Crippen molar-refractivity contribution < 1.29 is 19.1 Å². The normalized spacial score (nSPS) is 11.6. The van der Waals surface area contributed by atoms with Crippen molar-refractivity contribution in [1.29, 1.82) is 0 Å². The molecule has 1 unspecified atom stereocenters. The Labute approximate surface area is 185 Å². The summed E-state index contributed by atoms with van der Waals surface area (Å²) in [6.07, 6.45) is 2.94. The highest BCUT2D eigenvalue weighted by atomic mass is 35.5. The molecular formula is C21H23Cl2NO4S. The minimum absolute atomic E-state index is 0.199. The van der Waals surface area contributed by atoms with Crippen molar-refractivity contribution in [3.63, 3.8) is 0 Å². The summed E-state index contributed by atoms with van der Waals surface area (Å²) in [5, 5.41) is 3.70. The van der Waals surface area contributed by atoms with Crippen molar-refractivity contribution in [2.24, 2.45) is 0 Å². The first-order valence-electron chi connectivity index (χ1n) is 9.10. The van der Waals surface area contributed by atoms with E-state index < -0.39 is 17.9 Å². The SMILES string of the molecule is CSCCC(NC(=O)c1ccccc1Cl)C(=O)OCCCOc1ccc(Cl)cc1. The van der Waals surface area contributed by atoms with Gasteiger partial charge in [0, 0.05) is 11.4 Å². The monoisotopic (exact) mass is 455 g/mol. The number of ether oxygens (including phenoxy) is 2. The van der Waals surface area contributed by atoms with Gasteiger partial charge in [0.15, 0.2) is 0 Å². The molecule has 0 radical (unpaired) electrons. The van der Waals surface area contributed by atoms with Crippen LogP contribution in [0.1, 0.15) is 23.2 Å². The zero-order chi connectivity index (χ0) is 21.1. The molecule has 0 heterocycles. The van der Waals surface area contributed by atoms with Crippen molar-refractivity contribution in [3.05, 3.63) is 64.1 Å². The van der Waals surface area contributed by atoms with E-state index in [1.54, 1.807) is 60.3 Å². The number of hydrogen-bond donors (Lipinski definition) is 1. The fraction of sp³-hybridized carbons (Fsp3) is 0.333. The van der Waals surface area contributed by atoms with Gasteiger partial charge in [0.1, 0.15) is 11.8 Å². The molecule has 2 aromatic rings. The lowest BCUT2D eigenvalue weighted by Gasteiger charge is -2.18. The van der Waals surface area contributed by atoms with Crippen molar-refractivity contribution in [2.75, 3.05) is 25.2 Å². The Balaban J connectivity index is 1.80. The molecule has 1 amide bonds. The average molecular weight is 456 g/mol. The molecule has 2 rings (SSSR count). The Morgan fingerprint density at radius 3 is 2.48 bits per heavy atom. The number of carbonyl (C=O) groups is 2. The maximum atomic E-state index is 12.5. The van der Waals surface area contributed by atoms with Gasteiger partial charge in [0.2, 0.25) is 0 Å². The zero-order valence-electron chi connectivity index (χ0n) is 16.0. The first-order chi connectivity index (χ1) is 14.0. The van der Waals surface area contributed by atoms with Gasteiger partial charge < -0.3 is 14.8 Å². The highest BCUT2D eigenvalue weighted by Gasteiger charge is 2.23. The van der Waals surface area contributed by atoms with E-state index in [9.17, 15) is 9.59 Å². The highest BCUT2D eigenvalue weighted by molar-refractivity contribution is 7.98. The number of rotatable bonds is 11. The molecule has 1 atom stereocenters. The number of nitrogens with one attached hydrogen (secondary N) is 1. The van der Waals surface area contributed by atoms with Crippen molar-refractivity contribution in [2.45, 2.75) is 18.9 Å². The fourth-order valence-corrected chi connectivity index (χ4v) is 3.24. The minimum atomic E-state index is -0.733. The van der Waals surface area contributed by atoms with Gasteiger partial charge in [-0.05, 0) is 54.8 Å². The van der Waals surface area contributed by atoms with Crippen LogP contribution < -0.4 is 10.1 Å². The molecule has 0 fully saturated rings. The lowest BCUT2D eigenvalue weighted by atomic mass is 10.1. The van der Waals surface area contributed by atoms with Crippen LogP contribution in [0.25, 0.3) is 0 Å². The fourth-order valence-electron chi connectivity index (χ4n) is 2.42. The summed E-state index contributed by atoms with van der Waals surface area (Å²) in [5.41, 5.74) is 0.326. The molecule has 0 aliphatic rings. The molecule has 8 heteroatoms. The molecule has 0 bridgehead atoms. The van der Waals surface area contributed by atoms with Gasteiger partial charge in [-0.15, -0.1) is 0 Å². The van der Waals surface area contributed by atoms with Crippen LogP contribution in [0.15, 0.2) is 48.5 Å². The summed E-state index contributed by atoms with van der Waals surface area (Å²) < 4.78 is 10.9. The predicted molar refractivity (Wildman–Crippen MR) is 118 cm³/mol. The van der Waals surface area contributed by atoms with Gasteiger partial charge in [-0.2, -0.15) is 11.8 Å². The predicted octanol–water partition coefficient (Wildman–Crippen LogP) is 4.86. The average Bonchev–Trinajstić information content (AvgIpc) is 2.72. The standard InChI is InChI=1S/C21H23Cl2NO4S/c1-29-14-11-19(24-20(25)17-5-2-3-6-18(17)23)21(26)28-13-4-12-27-16-9-7-15(22)8-10-16/h2-3,5-10,19H,4,11-14H2,1H3,(H,24,25). The summed E-state index contributed by atoms with van der Waals surface area (Å²) in [6, 6.07) is 13.0. The Hall–Kier alpha value is -1.89. The van der Waals surface area contributed by atoms with Gasteiger partial charge in [0.05, 0.1) is 23.8 Å². The van der Waals surface area contributed by atoms with Crippen LogP contribution in [0, 0.1) is 0 Å². The van der Waals surface area contributed by atoms with E-state index in [1.807, 2.05) is 6.26 Å². The van der Waals surface area contributed by atoms with Gasteiger partial charge in [-0.1, -0.05) is 35.3 Å². The third-order valence-corrected chi connectivity index (χ3v) is 5.16. The number of carbonyl (C=O) groups excluding carboxylic acids is 2. The molecule has 0 spiro atoms. The third kappa shape index (κ3) is 8.17. The molecule has 29 heavy (non-hydrogen) atoms. The summed E-state index contributed by atoms with van der Waals surface area (Å²) in [4.78, 5) is 24.9. The minimum Gasteiger partial charge on any atom is -0.493 e. The highest BCUT2D eigenvalue weighted by Crippen LogP contribution is 2.16.